The van der Waals surface area contributed by atoms with Crippen molar-refractivity contribution in [3.05, 3.63) is 42.5 Å². The van der Waals surface area contributed by atoms with Crippen LogP contribution in [0.1, 0.15) is 18.4 Å². The summed E-state index contributed by atoms with van der Waals surface area (Å²) in [6, 6.07) is 5.37. The summed E-state index contributed by atoms with van der Waals surface area (Å²) < 4.78 is 35.3. The number of sulfonamides is 1. The molecular formula is C19H26N2O5S. The van der Waals surface area contributed by atoms with Gasteiger partial charge in [-0.1, -0.05) is 18.7 Å². The van der Waals surface area contributed by atoms with Crippen LogP contribution in [0, 0.1) is 0 Å². The summed E-state index contributed by atoms with van der Waals surface area (Å²) in [4.78, 5) is 12.1. The maximum Gasteiger partial charge on any atom is 0.244 e. The van der Waals surface area contributed by atoms with Crippen molar-refractivity contribution in [2.45, 2.75) is 18.9 Å². The number of nitrogens with zero attached hydrogens (tertiary/aromatic N) is 1. The normalized spacial score (nSPS) is 16.2. The number of hydrogen-bond acceptors (Lipinski definition) is 5. The quantitative estimate of drug-likeness (QED) is 0.537. The molecule has 0 unspecified atom stereocenters. The molecule has 1 aromatic rings. The maximum atomic E-state index is 12.1. The Morgan fingerprint density at radius 1 is 1.33 bits per heavy atom. The van der Waals surface area contributed by atoms with Gasteiger partial charge in [0.1, 0.15) is 6.61 Å². The predicted octanol–water partition coefficient (Wildman–Crippen LogP) is 1.81. The molecule has 1 saturated heterocycles. The van der Waals surface area contributed by atoms with Gasteiger partial charge in [0.05, 0.1) is 13.4 Å². The molecule has 7 nitrogen and oxygen atoms in total. The van der Waals surface area contributed by atoms with Crippen molar-refractivity contribution >= 4 is 22.0 Å². The number of ether oxygens (including phenoxy) is 2. The van der Waals surface area contributed by atoms with Crippen molar-refractivity contribution < 1.29 is 22.7 Å². The Bertz CT molecular complexity index is 796. The number of benzene rings is 1. The molecule has 0 aromatic heterocycles. The fraction of sp³-hybridized carbons (Fsp3) is 0.421. The van der Waals surface area contributed by atoms with Crippen LogP contribution in [0.3, 0.4) is 0 Å². The molecule has 8 heteroatoms. The van der Waals surface area contributed by atoms with Gasteiger partial charge in [-0.25, -0.2) is 12.7 Å². The number of rotatable bonds is 8. The molecule has 0 saturated carbocycles. The Kier molecular flexibility index (Phi) is 7.44. The highest BCUT2D eigenvalue weighted by Crippen LogP contribution is 2.28. The van der Waals surface area contributed by atoms with Gasteiger partial charge in [-0.15, -0.1) is 0 Å². The van der Waals surface area contributed by atoms with Crippen molar-refractivity contribution in [1.29, 1.82) is 0 Å². The van der Waals surface area contributed by atoms with Crippen LogP contribution in [0.4, 0.5) is 0 Å². The van der Waals surface area contributed by atoms with Crippen LogP contribution in [0.2, 0.25) is 0 Å². The number of methoxy groups -OCH3 is 1. The summed E-state index contributed by atoms with van der Waals surface area (Å²) in [5.74, 6) is 0.975. The number of piperidine rings is 1. The van der Waals surface area contributed by atoms with Crippen LogP contribution in [-0.4, -0.2) is 57.7 Å². The maximum absolute atomic E-state index is 12.1. The predicted molar refractivity (Wildman–Crippen MR) is 105 cm³/mol. The fourth-order valence-corrected chi connectivity index (χ4v) is 3.68. The van der Waals surface area contributed by atoms with Crippen molar-refractivity contribution in [2.75, 3.05) is 33.1 Å². The molecule has 1 amide bonds. The van der Waals surface area contributed by atoms with E-state index in [-0.39, 0.29) is 11.9 Å². The first-order chi connectivity index (χ1) is 12.8. The summed E-state index contributed by atoms with van der Waals surface area (Å²) in [6.07, 6.45) is 7.23. The second-order valence-corrected chi connectivity index (χ2v) is 8.27. The van der Waals surface area contributed by atoms with Crippen LogP contribution >= 0.6 is 0 Å². The molecule has 1 fully saturated rings. The summed E-state index contributed by atoms with van der Waals surface area (Å²) in [7, 11) is -1.61. The smallest absolute Gasteiger partial charge is 0.244 e. The van der Waals surface area contributed by atoms with Crippen molar-refractivity contribution in [1.82, 2.24) is 9.62 Å². The summed E-state index contributed by atoms with van der Waals surface area (Å²) in [5.41, 5.74) is 0.805. The summed E-state index contributed by atoms with van der Waals surface area (Å²) >= 11 is 0. The summed E-state index contributed by atoms with van der Waals surface area (Å²) in [5, 5.41) is 2.91. The Morgan fingerprint density at radius 2 is 2.04 bits per heavy atom. The average molecular weight is 394 g/mol. The zero-order valence-electron chi connectivity index (χ0n) is 15.7. The highest BCUT2D eigenvalue weighted by Gasteiger charge is 2.25. The van der Waals surface area contributed by atoms with E-state index in [4.69, 9.17) is 9.47 Å². The van der Waals surface area contributed by atoms with E-state index in [1.807, 2.05) is 6.07 Å². The molecule has 0 radical (unpaired) electrons. The minimum Gasteiger partial charge on any atom is -0.493 e. The molecule has 1 aromatic carbocycles. The third-order valence-electron chi connectivity index (χ3n) is 4.24. The molecule has 0 spiro atoms. The number of carbonyl (C=O) groups is 1. The first kappa shape index (κ1) is 21.0. The third kappa shape index (κ3) is 6.41. The molecular weight excluding hydrogens is 368 g/mol. The average Bonchev–Trinajstić information content (AvgIpc) is 2.64. The molecule has 27 heavy (non-hydrogen) atoms. The van der Waals surface area contributed by atoms with Gasteiger partial charge < -0.3 is 14.8 Å². The second-order valence-electron chi connectivity index (χ2n) is 6.29. The second kappa shape index (κ2) is 9.57. The monoisotopic (exact) mass is 394 g/mol. The number of amides is 1. The lowest BCUT2D eigenvalue weighted by atomic mass is 10.1. The first-order valence-electron chi connectivity index (χ1n) is 8.69. The zero-order chi connectivity index (χ0) is 19.9. The Balaban J connectivity index is 1.90. The Morgan fingerprint density at radius 3 is 2.63 bits per heavy atom. The molecule has 1 N–H and O–H groups in total. The molecule has 0 atom stereocenters. The SMILES string of the molecule is C=CCOc1ccc(/C=C/C(=O)NC2CCN(S(C)(=O)=O)CC2)cc1OC. The van der Waals surface area contributed by atoms with Crippen LogP contribution in [0.15, 0.2) is 36.9 Å². The lowest BCUT2D eigenvalue weighted by molar-refractivity contribution is -0.117. The van der Waals surface area contributed by atoms with Crippen LogP contribution in [0.5, 0.6) is 11.5 Å². The van der Waals surface area contributed by atoms with Gasteiger partial charge in [0, 0.05) is 25.2 Å². The van der Waals surface area contributed by atoms with Crippen LogP contribution in [0.25, 0.3) is 6.08 Å². The molecule has 2 rings (SSSR count). The van der Waals surface area contributed by atoms with Gasteiger partial charge in [0.25, 0.3) is 0 Å². The van der Waals surface area contributed by atoms with E-state index in [1.165, 1.54) is 16.6 Å². The molecule has 0 aliphatic carbocycles. The molecule has 1 aliphatic rings. The Labute approximate surface area is 160 Å². The van der Waals surface area contributed by atoms with E-state index in [1.54, 1.807) is 31.4 Å². The fourth-order valence-electron chi connectivity index (χ4n) is 2.81. The zero-order valence-corrected chi connectivity index (χ0v) is 16.5. The largest absolute Gasteiger partial charge is 0.493 e. The van der Waals surface area contributed by atoms with E-state index in [2.05, 4.69) is 11.9 Å². The van der Waals surface area contributed by atoms with E-state index in [9.17, 15) is 13.2 Å². The molecule has 148 valence electrons. The lowest BCUT2D eigenvalue weighted by Gasteiger charge is -2.30. The third-order valence-corrected chi connectivity index (χ3v) is 5.54. The number of carbonyl (C=O) groups excluding carboxylic acids is 1. The topological polar surface area (TPSA) is 84.9 Å². The van der Waals surface area contributed by atoms with Crippen LogP contribution in [-0.2, 0) is 14.8 Å². The van der Waals surface area contributed by atoms with Crippen molar-refractivity contribution in [3.63, 3.8) is 0 Å². The highest BCUT2D eigenvalue weighted by molar-refractivity contribution is 7.88. The first-order valence-corrected chi connectivity index (χ1v) is 10.5. The van der Waals surface area contributed by atoms with E-state index >= 15 is 0 Å². The number of hydrogen-bond donors (Lipinski definition) is 1. The van der Waals surface area contributed by atoms with E-state index in [0.29, 0.717) is 44.0 Å². The van der Waals surface area contributed by atoms with E-state index in [0.717, 1.165) is 5.56 Å². The van der Waals surface area contributed by atoms with Crippen molar-refractivity contribution in [3.8, 4) is 11.5 Å². The van der Waals surface area contributed by atoms with Gasteiger partial charge in [-0.2, -0.15) is 0 Å². The van der Waals surface area contributed by atoms with E-state index < -0.39 is 10.0 Å². The minimum atomic E-state index is -3.16. The van der Waals surface area contributed by atoms with Crippen molar-refractivity contribution in [2.24, 2.45) is 0 Å². The highest BCUT2D eigenvalue weighted by atomic mass is 32.2. The van der Waals surface area contributed by atoms with Gasteiger partial charge in [-0.3, -0.25) is 4.79 Å². The minimum absolute atomic E-state index is 0.0237. The Hall–Kier alpha value is -2.32. The summed E-state index contributed by atoms with van der Waals surface area (Å²) in [6.45, 7) is 4.84. The van der Waals surface area contributed by atoms with Gasteiger partial charge in [0.2, 0.25) is 15.9 Å². The van der Waals surface area contributed by atoms with Gasteiger partial charge >= 0.3 is 0 Å². The molecule has 1 heterocycles. The molecule has 1 aliphatic heterocycles. The molecule has 0 bridgehead atoms. The standard InChI is InChI=1S/C19H26N2O5S/c1-4-13-26-17-7-5-15(14-18(17)25-2)6-8-19(22)20-16-9-11-21(12-10-16)27(3,23)24/h4-8,14,16H,1,9-13H2,2-3H3,(H,20,22)/b8-6+. The van der Waals surface area contributed by atoms with Gasteiger partial charge in [0.15, 0.2) is 11.5 Å². The van der Waals surface area contributed by atoms with Gasteiger partial charge in [-0.05, 0) is 36.6 Å². The van der Waals surface area contributed by atoms with Crippen LogP contribution < -0.4 is 14.8 Å². The number of nitrogens with one attached hydrogen (secondary N) is 1. The lowest BCUT2D eigenvalue weighted by Crippen LogP contribution is -2.45.